The third kappa shape index (κ3) is 4.24. The molecule has 31 heavy (non-hydrogen) atoms. The van der Waals surface area contributed by atoms with E-state index in [1.165, 1.54) is 46.5 Å². The molecule has 3 aromatic rings. The van der Waals surface area contributed by atoms with Crippen LogP contribution in [0.2, 0.25) is 0 Å². The summed E-state index contributed by atoms with van der Waals surface area (Å²) in [6, 6.07) is 5.51. The number of rotatable bonds is 3. The molecule has 2 amide bonds. The maximum absolute atomic E-state index is 13.1. The van der Waals surface area contributed by atoms with Crippen LogP contribution in [0.5, 0.6) is 0 Å². The van der Waals surface area contributed by atoms with Crippen LogP contribution >= 0.6 is 13.5 Å². The summed E-state index contributed by atoms with van der Waals surface area (Å²) in [5.74, 6) is -0.853. The Hall–Kier alpha value is -3.41. The fourth-order valence-corrected chi connectivity index (χ4v) is 3.23. The van der Waals surface area contributed by atoms with Crippen LogP contribution in [0.3, 0.4) is 0 Å². The number of nitrogens with zero attached hydrogens (tertiary/aromatic N) is 5. The van der Waals surface area contributed by atoms with Gasteiger partial charge in [-0.3, -0.25) is 14.3 Å². The van der Waals surface area contributed by atoms with Gasteiger partial charge >= 0.3 is 6.18 Å². The van der Waals surface area contributed by atoms with Crippen molar-refractivity contribution in [3.05, 3.63) is 65.9 Å². The Labute approximate surface area is 181 Å². The van der Waals surface area contributed by atoms with Crippen molar-refractivity contribution in [3.8, 4) is 0 Å². The van der Waals surface area contributed by atoms with Crippen molar-refractivity contribution in [1.82, 2.24) is 19.7 Å². The van der Waals surface area contributed by atoms with Gasteiger partial charge in [-0.2, -0.15) is 31.8 Å². The number of alkyl halides is 3. The molecule has 0 bridgehead atoms. The minimum atomic E-state index is -4.47. The fraction of sp³-hybridized carbons (Fsp3) is 0.211. The number of hydrogen-bond donors (Lipinski definition) is 1. The van der Waals surface area contributed by atoms with E-state index in [-0.39, 0.29) is 43.2 Å². The molecule has 0 saturated carbocycles. The van der Waals surface area contributed by atoms with Gasteiger partial charge in [0.2, 0.25) is 0 Å². The van der Waals surface area contributed by atoms with Crippen molar-refractivity contribution >= 4 is 36.8 Å². The normalized spacial score (nSPS) is 15.8. The SMILES string of the molecule is C[C@H]1CN(c2ccc(C(F)(F)F)cc2)C(=O)c2c(C(=O)Nc3ccncn3)cnn21.S. The first-order chi connectivity index (χ1) is 14.3. The van der Waals surface area contributed by atoms with Crippen LogP contribution in [-0.2, 0) is 6.18 Å². The van der Waals surface area contributed by atoms with Gasteiger partial charge in [-0.05, 0) is 37.3 Å². The van der Waals surface area contributed by atoms with Gasteiger partial charge in [0.05, 0.1) is 23.4 Å². The number of nitrogens with one attached hydrogen (secondary N) is 1. The van der Waals surface area contributed by atoms with Crippen molar-refractivity contribution < 1.29 is 22.8 Å². The molecule has 4 rings (SSSR count). The Bertz CT molecular complexity index is 1100. The van der Waals surface area contributed by atoms with Crippen molar-refractivity contribution in [1.29, 1.82) is 0 Å². The van der Waals surface area contributed by atoms with Crippen LogP contribution in [0.1, 0.15) is 39.4 Å². The quantitative estimate of drug-likeness (QED) is 0.661. The number of fused-ring (bicyclic) bond motifs is 1. The predicted molar refractivity (Wildman–Crippen MR) is 110 cm³/mol. The molecule has 1 atom stereocenters. The number of hydrogen-bond acceptors (Lipinski definition) is 5. The van der Waals surface area contributed by atoms with Gasteiger partial charge in [0.15, 0.2) is 0 Å². The van der Waals surface area contributed by atoms with Gasteiger partial charge in [0, 0.05) is 18.4 Å². The number of amides is 2. The summed E-state index contributed by atoms with van der Waals surface area (Å²) in [5, 5.41) is 6.72. The van der Waals surface area contributed by atoms with Gasteiger partial charge in [-0.1, -0.05) is 0 Å². The molecule has 0 saturated heterocycles. The molecule has 1 aromatic carbocycles. The van der Waals surface area contributed by atoms with E-state index in [2.05, 4.69) is 20.4 Å². The average molecular weight is 450 g/mol. The summed E-state index contributed by atoms with van der Waals surface area (Å²) in [6.45, 7) is 2.00. The van der Waals surface area contributed by atoms with Crippen molar-refractivity contribution in [2.75, 3.05) is 16.8 Å². The summed E-state index contributed by atoms with van der Waals surface area (Å²) in [4.78, 5) is 34.8. The van der Waals surface area contributed by atoms with Crippen LogP contribution in [0.25, 0.3) is 0 Å². The smallest absolute Gasteiger partial charge is 0.306 e. The number of aromatic nitrogens is 4. The first kappa shape index (κ1) is 22.3. The molecule has 1 N–H and O–H groups in total. The maximum atomic E-state index is 13.1. The van der Waals surface area contributed by atoms with Gasteiger partial charge in [-0.25, -0.2) is 9.97 Å². The lowest BCUT2D eigenvalue weighted by Crippen LogP contribution is -2.43. The molecule has 2 aromatic heterocycles. The number of carbonyl (C=O) groups excluding carboxylic acids is 2. The van der Waals surface area contributed by atoms with Gasteiger partial charge in [0.1, 0.15) is 17.8 Å². The second-order valence-electron chi connectivity index (χ2n) is 6.71. The lowest BCUT2D eigenvalue weighted by Gasteiger charge is -2.32. The molecule has 0 aliphatic carbocycles. The molecule has 1 aliphatic heterocycles. The Balaban J connectivity index is 0.00000272. The Morgan fingerprint density at radius 2 is 1.90 bits per heavy atom. The van der Waals surface area contributed by atoms with Crippen molar-refractivity contribution in [2.24, 2.45) is 0 Å². The second kappa shape index (κ2) is 8.38. The Morgan fingerprint density at radius 1 is 1.19 bits per heavy atom. The molecule has 8 nitrogen and oxygen atoms in total. The number of anilines is 2. The van der Waals surface area contributed by atoms with Gasteiger partial charge in [-0.15, -0.1) is 0 Å². The zero-order valence-corrected chi connectivity index (χ0v) is 17.1. The first-order valence-corrected chi connectivity index (χ1v) is 8.89. The Morgan fingerprint density at radius 3 is 2.52 bits per heavy atom. The molecule has 162 valence electrons. The van der Waals surface area contributed by atoms with Gasteiger partial charge < -0.3 is 10.2 Å². The maximum Gasteiger partial charge on any atom is 0.416 e. The zero-order chi connectivity index (χ0) is 21.5. The van der Waals surface area contributed by atoms with Gasteiger partial charge in [0.25, 0.3) is 11.8 Å². The largest absolute Gasteiger partial charge is 0.416 e. The minimum Gasteiger partial charge on any atom is -0.306 e. The summed E-state index contributed by atoms with van der Waals surface area (Å²) in [7, 11) is 0. The molecule has 0 spiro atoms. The summed E-state index contributed by atoms with van der Waals surface area (Å²) in [5.41, 5.74) is -0.407. The van der Waals surface area contributed by atoms with Crippen molar-refractivity contribution in [3.63, 3.8) is 0 Å². The van der Waals surface area contributed by atoms with E-state index < -0.39 is 23.6 Å². The van der Waals surface area contributed by atoms with E-state index in [1.54, 1.807) is 6.92 Å². The molecule has 12 heteroatoms. The summed E-state index contributed by atoms with van der Waals surface area (Å²) in [6.07, 6.45) is -0.461. The Kier molecular flexibility index (Phi) is 6.02. The highest BCUT2D eigenvalue weighted by Gasteiger charge is 2.36. The van der Waals surface area contributed by atoms with Crippen molar-refractivity contribution in [2.45, 2.75) is 19.1 Å². The van der Waals surface area contributed by atoms with Crippen LogP contribution in [0, 0.1) is 0 Å². The molecule has 1 aliphatic rings. The minimum absolute atomic E-state index is 0. The van der Waals surface area contributed by atoms with E-state index in [9.17, 15) is 22.8 Å². The van der Waals surface area contributed by atoms with Crippen LogP contribution < -0.4 is 10.2 Å². The average Bonchev–Trinajstić information content (AvgIpc) is 3.17. The van der Waals surface area contributed by atoms with E-state index in [0.717, 1.165) is 12.1 Å². The molecular weight excluding hydrogens is 433 g/mol. The number of halogens is 3. The molecular formula is C19H17F3N6O2S. The topological polar surface area (TPSA) is 93.0 Å². The standard InChI is InChI=1S/C19H15F3N6O2.H2S/c1-11-9-27(13-4-2-12(3-5-13)19(20,21)22)18(30)16-14(8-25-28(11)16)17(29)26-15-6-7-23-10-24-15;/h2-8,10-11H,9H2,1H3,(H,23,24,26,29);1H2/t11-;/m0./s1. The first-order valence-electron chi connectivity index (χ1n) is 8.89. The molecule has 3 heterocycles. The second-order valence-corrected chi connectivity index (χ2v) is 6.71. The highest BCUT2D eigenvalue weighted by molar-refractivity contribution is 7.59. The zero-order valence-electron chi connectivity index (χ0n) is 16.1. The predicted octanol–water partition coefficient (Wildman–Crippen LogP) is 3.28. The van der Waals surface area contributed by atoms with E-state index in [4.69, 9.17) is 0 Å². The van der Waals surface area contributed by atoms with E-state index in [1.807, 2.05) is 0 Å². The highest BCUT2D eigenvalue weighted by atomic mass is 32.1. The monoisotopic (exact) mass is 450 g/mol. The van der Waals surface area contributed by atoms with E-state index >= 15 is 0 Å². The van der Waals surface area contributed by atoms with Crippen LogP contribution in [0.4, 0.5) is 24.7 Å². The highest BCUT2D eigenvalue weighted by Crippen LogP contribution is 2.32. The lowest BCUT2D eigenvalue weighted by atomic mass is 10.1. The fourth-order valence-electron chi connectivity index (χ4n) is 3.23. The summed E-state index contributed by atoms with van der Waals surface area (Å²) >= 11 is 0. The molecule has 0 unspecified atom stereocenters. The van der Waals surface area contributed by atoms with Crippen LogP contribution in [0.15, 0.2) is 49.1 Å². The van der Waals surface area contributed by atoms with Crippen LogP contribution in [-0.4, -0.2) is 38.1 Å². The number of benzene rings is 1. The third-order valence-electron chi connectivity index (χ3n) is 4.68. The molecule has 0 radical (unpaired) electrons. The molecule has 0 fully saturated rings. The number of carbonyl (C=O) groups is 2. The summed E-state index contributed by atoms with van der Waals surface area (Å²) < 4.78 is 39.9. The lowest BCUT2D eigenvalue weighted by molar-refractivity contribution is -0.137. The third-order valence-corrected chi connectivity index (χ3v) is 4.68. The van der Waals surface area contributed by atoms with E-state index in [0.29, 0.717) is 5.69 Å².